The van der Waals surface area contributed by atoms with E-state index < -0.39 is 5.91 Å². The molecule has 2 aromatic carbocycles. The zero-order chi connectivity index (χ0) is 20.5. The number of carbonyl (C=O) groups is 2. The predicted molar refractivity (Wildman–Crippen MR) is 109 cm³/mol. The summed E-state index contributed by atoms with van der Waals surface area (Å²) in [5, 5.41) is 7.09. The van der Waals surface area contributed by atoms with Crippen molar-refractivity contribution in [2.45, 2.75) is 20.3 Å². The van der Waals surface area contributed by atoms with Crippen LogP contribution in [-0.4, -0.2) is 31.2 Å². The molecule has 2 N–H and O–H groups in total. The van der Waals surface area contributed by atoms with Gasteiger partial charge in [-0.2, -0.15) is 5.10 Å². The van der Waals surface area contributed by atoms with E-state index in [1.54, 1.807) is 37.3 Å². The van der Waals surface area contributed by atoms with E-state index in [2.05, 4.69) is 15.8 Å². The van der Waals surface area contributed by atoms with Crippen LogP contribution in [-0.2, 0) is 9.59 Å². The zero-order valence-corrected chi connectivity index (χ0v) is 16.7. The first-order valence-electron chi connectivity index (χ1n) is 8.52. The Kier molecular flexibility index (Phi) is 7.83. The molecule has 0 saturated carbocycles. The van der Waals surface area contributed by atoms with Gasteiger partial charge < -0.3 is 14.8 Å². The Hall–Kier alpha value is -3.06. The maximum atomic E-state index is 12.2. The minimum atomic E-state index is -0.420. The Morgan fingerprint density at radius 3 is 2.50 bits per heavy atom. The maximum absolute atomic E-state index is 12.2. The molecule has 8 heteroatoms. The second kappa shape index (κ2) is 10.3. The molecule has 0 aromatic heterocycles. The smallest absolute Gasteiger partial charge is 0.277 e. The number of hydrogen-bond acceptors (Lipinski definition) is 5. The van der Waals surface area contributed by atoms with Crippen LogP contribution in [0.4, 0.5) is 5.69 Å². The third-order valence-electron chi connectivity index (χ3n) is 3.61. The van der Waals surface area contributed by atoms with Gasteiger partial charge in [0.15, 0.2) is 6.61 Å². The molecular weight excluding hydrogens is 382 g/mol. The number of carbonyl (C=O) groups excluding carboxylic acids is 2. The highest BCUT2D eigenvalue weighted by atomic mass is 35.5. The van der Waals surface area contributed by atoms with E-state index in [-0.39, 0.29) is 18.9 Å². The molecule has 7 nitrogen and oxygen atoms in total. The van der Waals surface area contributed by atoms with E-state index in [0.717, 1.165) is 5.56 Å². The van der Waals surface area contributed by atoms with Gasteiger partial charge in [-0.05, 0) is 44.2 Å². The van der Waals surface area contributed by atoms with Crippen LogP contribution in [0.3, 0.4) is 0 Å². The van der Waals surface area contributed by atoms with E-state index in [4.69, 9.17) is 21.1 Å². The number of hydrogen-bond donors (Lipinski definition) is 2. The Bertz CT molecular complexity index is 866. The number of amides is 2. The van der Waals surface area contributed by atoms with E-state index in [0.29, 0.717) is 27.9 Å². The average molecular weight is 404 g/mol. The number of anilines is 1. The van der Waals surface area contributed by atoms with Crippen molar-refractivity contribution in [1.29, 1.82) is 0 Å². The molecule has 148 valence electrons. The normalized spacial score (nSPS) is 10.9. The summed E-state index contributed by atoms with van der Waals surface area (Å²) in [6.07, 6.45) is -0.00519. The molecule has 0 aliphatic carbocycles. The lowest BCUT2D eigenvalue weighted by molar-refractivity contribution is -0.123. The first kappa shape index (κ1) is 21.2. The topological polar surface area (TPSA) is 89.0 Å². The molecule has 2 aromatic rings. The summed E-state index contributed by atoms with van der Waals surface area (Å²) < 4.78 is 10.5. The second-order valence-corrected chi connectivity index (χ2v) is 6.49. The highest BCUT2D eigenvalue weighted by Gasteiger charge is 2.10. The van der Waals surface area contributed by atoms with Crippen LogP contribution in [0.1, 0.15) is 18.9 Å². The zero-order valence-electron chi connectivity index (χ0n) is 15.9. The first-order chi connectivity index (χ1) is 13.4. The van der Waals surface area contributed by atoms with E-state index in [1.807, 2.05) is 19.1 Å². The molecule has 2 amide bonds. The van der Waals surface area contributed by atoms with Gasteiger partial charge in [-0.3, -0.25) is 9.59 Å². The van der Waals surface area contributed by atoms with E-state index >= 15 is 0 Å². The van der Waals surface area contributed by atoms with Crippen LogP contribution in [0.5, 0.6) is 11.5 Å². The highest BCUT2D eigenvalue weighted by molar-refractivity contribution is 6.31. The van der Waals surface area contributed by atoms with E-state index in [9.17, 15) is 9.59 Å². The molecule has 0 heterocycles. The van der Waals surface area contributed by atoms with Crippen LogP contribution in [0.25, 0.3) is 0 Å². The molecule has 0 radical (unpaired) electrons. The van der Waals surface area contributed by atoms with Crippen LogP contribution in [0.2, 0.25) is 5.02 Å². The molecular formula is C20H22ClN3O4. The fourth-order valence-electron chi connectivity index (χ4n) is 2.22. The van der Waals surface area contributed by atoms with Crippen molar-refractivity contribution in [2.75, 3.05) is 19.0 Å². The van der Waals surface area contributed by atoms with Gasteiger partial charge >= 0.3 is 0 Å². The quantitative estimate of drug-likeness (QED) is 0.521. The molecule has 0 fully saturated rings. The molecule has 0 unspecified atom stereocenters. The summed E-state index contributed by atoms with van der Waals surface area (Å²) in [6.45, 7) is 3.42. The van der Waals surface area contributed by atoms with Crippen LogP contribution in [0, 0.1) is 6.92 Å². The SMILES string of the molecule is COc1ccc(Cl)cc1NC(=O)C/C(C)=N/NC(=O)COc1ccc(C)cc1. The van der Waals surface area contributed by atoms with Gasteiger partial charge in [0.1, 0.15) is 11.5 Å². The van der Waals surface area contributed by atoms with Crippen molar-refractivity contribution in [1.82, 2.24) is 5.43 Å². The predicted octanol–water partition coefficient (Wildman–Crippen LogP) is 3.56. The Morgan fingerprint density at radius 1 is 1.11 bits per heavy atom. The number of hydrazone groups is 1. The molecule has 0 aliphatic heterocycles. The Labute approximate surface area is 168 Å². The maximum Gasteiger partial charge on any atom is 0.277 e. The monoisotopic (exact) mass is 403 g/mol. The van der Waals surface area contributed by atoms with Crippen molar-refractivity contribution >= 4 is 34.8 Å². The Morgan fingerprint density at radius 2 is 1.82 bits per heavy atom. The number of halogens is 1. The fourth-order valence-corrected chi connectivity index (χ4v) is 2.39. The van der Waals surface area contributed by atoms with Gasteiger partial charge in [0.25, 0.3) is 5.91 Å². The number of ether oxygens (including phenoxy) is 2. The molecule has 0 spiro atoms. The number of nitrogens with one attached hydrogen (secondary N) is 2. The third-order valence-corrected chi connectivity index (χ3v) is 3.85. The second-order valence-electron chi connectivity index (χ2n) is 6.05. The standard InChI is InChI=1S/C20H22ClN3O4/c1-13-4-7-16(8-5-13)28-12-20(26)24-23-14(2)10-19(25)22-17-11-15(21)6-9-18(17)27-3/h4-9,11H,10,12H2,1-3H3,(H,22,25)(H,24,26)/b23-14+. The fraction of sp³-hybridized carbons (Fsp3) is 0.250. The third kappa shape index (κ3) is 6.92. The number of methoxy groups -OCH3 is 1. The average Bonchev–Trinajstić information content (AvgIpc) is 2.66. The van der Waals surface area contributed by atoms with Crippen molar-refractivity contribution in [3.8, 4) is 11.5 Å². The molecule has 28 heavy (non-hydrogen) atoms. The highest BCUT2D eigenvalue weighted by Crippen LogP contribution is 2.27. The lowest BCUT2D eigenvalue weighted by Gasteiger charge is -2.10. The number of rotatable bonds is 8. The Balaban J connectivity index is 1.81. The molecule has 2 rings (SSSR count). The van der Waals surface area contributed by atoms with Crippen LogP contribution < -0.4 is 20.2 Å². The summed E-state index contributed by atoms with van der Waals surface area (Å²) >= 11 is 5.94. The largest absolute Gasteiger partial charge is 0.495 e. The first-order valence-corrected chi connectivity index (χ1v) is 8.90. The summed E-state index contributed by atoms with van der Waals surface area (Å²) in [5.74, 6) is 0.356. The van der Waals surface area contributed by atoms with Gasteiger partial charge in [0, 0.05) is 10.7 Å². The van der Waals surface area contributed by atoms with Crippen molar-refractivity contribution in [3.63, 3.8) is 0 Å². The van der Waals surface area contributed by atoms with Gasteiger partial charge in [-0.1, -0.05) is 29.3 Å². The van der Waals surface area contributed by atoms with Crippen molar-refractivity contribution in [3.05, 3.63) is 53.1 Å². The van der Waals surface area contributed by atoms with Gasteiger partial charge in [0.05, 0.1) is 19.2 Å². The summed E-state index contributed by atoms with van der Waals surface area (Å²) in [4.78, 5) is 24.0. The molecule has 0 bridgehead atoms. The molecule has 0 atom stereocenters. The minimum Gasteiger partial charge on any atom is -0.495 e. The molecule has 0 saturated heterocycles. The number of aryl methyl sites for hydroxylation is 1. The molecule has 0 aliphatic rings. The van der Waals surface area contributed by atoms with Gasteiger partial charge in [-0.15, -0.1) is 0 Å². The number of benzene rings is 2. The minimum absolute atomic E-state index is 0.00519. The summed E-state index contributed by atoms with van der Waals surface area (Å²) in [7, 11) is 1.50. The summed E-state index contributed by atoms with van der Waals surface area (Å²) in [6, 6.07) is 12.3. The van der Waals surface area contributed by atoms with Crippen LogP contribution >= 0.6 is 11.6 Å². The lowest BCUT2D eigenvalue weighted by Crippen LogP contribution is -2.26. The van der Waals surface area contributed by atoms with Gasteiger partial charge in [-0.25, -0.2) is 5.43 Å². The lowest BCUT2D eigenvalue weighted by atomic mass is 10.2. The van der Waals surface area contributed by atoms with Crippen LogP contribution in [0.15, 0.2) is 47.6 Å². The van der Waals surface area contributed by atoms with Gasteiger partial charge in [0.2, 0.25) is 5.91 Å². The van der Waals surface area contributed by atoms with E-state index in [1.165, 1.54) is 7.11 Å². The summed E-state index contributed by atoms with van der Waals surface area (Å²) in [5.41, 5.74) is 4.36. The van der Waals surface area contributed by atoms with Crippen molar-refractivity contribution < 1.29 is 19.1 Å². The van der Waals surface area contributed by atoms with Crippen molar-refractivity contribution in [2.24, 2.45) is 5.10 Å². The number of nitrogens with zero attached hydrogens (tertiary/aromatic N) is 1.